The highest BCUT2D eigenvalue weighted by Gasteiger charge is 2.39. The summed E-state index contributed by atoms with van der Waals surface area (Å²) in [5, 5.41) is 0. The molecule has 0 spiro atoms. The first kappa shape index (κ1) is 17.5. The number of piperidine rings is 1. The number of hydrogen-bond donors (Lipinski definition) is 1. The largest absolute Gasteiger partial charge is 0.342 e. The molecule has 1 N–H and O–H groups in total. The molecule has 3 aliphatic heterocycles. The Balaban J connectivity index is 1.43. The molecule has 2 bridgehead atoms. The van der Waals surface area contributed by atoms with Crippen LogP contribution < -0.4 is 0 Å². The molecule has 3 saturated heterocycles. The summed E-state index contributed by atoms with van der Waals surface area (Å²) in [4.78, 5) is 22.5. The molecule has 1 amide bonds. The normalized spacial score (nSPS) is 24.1. The molecule has 3 fully saturated rings. The number of amides is 1. The molecule has 0 radical (unpaired) electrons. The molecule has 5 rings (SSSR count). The van der Waals surface area contributed by atoms with E-state index in [0.717, 1.165) is 29.7 Å². The lowest BCUT2D eigenvalue weighted by atomic mass is 9.94. The number of fused-ring (bicyclic) bond motifs is 5. The second kappa shape index (κ2) is 6.66. The van der Waals surface area contributed by atoms with Crippen molar-refractivity contribution in [1.29, 1.82) is 0 Å². The summed E-state index contributed by atoms with van der Waals surface area (Å²) < 4.78 is 25.4. The summed E-state index contributed by atoms with van der Waals surface area (Å²) in [7, 11) is -3.21. The van der Waals surface area contributed by atoms with Gasteiger partial charge in [0.1, 0.15) is 5.82 Å². The highest BCUT2D eigenvalue weighted by molar-refractivity contribution is 7.88. The number of imidazole rings is 1. The lowest BCUT2D eigenvalue weighted by molar-refractivity contribution is -0.135. The van der Waals surface area contributed by atoms with Crippen LogP contribution in [-0.4, -0.2) is 65.4 Å². The molecule has 26 heavy (non-hydrogen) atoms. The fraction of sp³-hybridized carbons (Fsp3) is 0.556. The molecule has 8 heteroatoms. The number of nitrogens with zero attached hydrogens (tertiary/aromatic N) is 3. The lowest BCUT2D eigenvalue weighted by Gasteiger charge is -2.36. The Morgan fingerprint density at radius 2 is 2.04 bits per heavy atom. The van der Waals surface area contributed by atoms with E-state index >= 15 is 0 Å². The summed E-state index contributed by atoms with van der Waals surface area (Å²) in [6.07, 6.45) is 4.09. The minimum atomic E-state index is -3.21. The smallest absolute Gasteiger partial charge is 0.223 e. The van der Waals surface area contributed by atoms with E-state index in [4.69, 9.17) is 0 Å². The molecule has 7 nitrogen and oxygen atoms in total. The summed E-state index contributed by atoms with van der Waals surface area (Å²) in [6.45, 7) is 1.62. The highest BCUT2D eigenvalue weighted by atomic mass is 32.2. The molecule has 0 aliphatic carbocycles. The Morgan fingerprint density at radius 3 is 2.81 bits per heavy atom. The van der Waals surface area contributed by atoms with Crippen molar-refractivity contribution < 1.29 is 13.2 Å². The fourth-order valence-electron chi connectivity index (χ4n) is 4.11. The van der Waals surface area contributed by atoms with Crippen LogP contribution in [0.2, 0.25) is 0 Å². The molecule has 140 valence electrons. The van der Waals surface area contributed by atoms with Crippen LogP contribution >= 0.6 is 0 Å². The number of hydrogen-bond acceptors (Lipinski definition) is 4. The van der Waals surface area contributed by atoms with Crippen LogP contribution in [0.3, 0.4) is 0 Å². The number of aromatic nitrogens is 2. The molecule has 0 unspecified atom stereocenters. The van der Waals surface area contributed by atoms with Crippen molar-refractivity contribution in [2.75, 3.05) is 25.9 Å². The molecule has 2 aromatic rings. The fourth-order valence-corrected chi connectivity index (χ4v) is 5.03. The lowest BCUT2D eigenvalue weighted by Crippen LogP contribution is -2.47. The summed E-state index contributed by atoms with van der Waals surface area (Å²) in [5.41, 5.74) is 1.89. The van der Waals surface area contributed by atoms with Crippen LogP contribution in [0, 0.1) is 5.92 Å². The number of aryl methyl sites for hydroxylation is 1. The third-order valence-electron chi connectivity index (χ3n) is 5.48. The number of carbonyl (C=O) groups excluding carboxylic acids is 1. The van der Waals surface area contributed by atoms with Crippen molar-refractivity contribution >= 4 is 27.0 Å². The van der Waals surface area contributed by atoms with Gasteiger partial charge < -0.3 is 9.88 Å². The average Bonchev–Trinajstić information content (AvgIpc) is 2.77. The van der Waals surface area contributed by atoms with Gasteiger partial charge in [-0.25, -0.2) is 13.4 Å². The van der Waals surface area contributed by atoms with Gasteiger partial charge in [0.05, 0.1) is 17.3 Å². The van der Waals surface area contributed by atoms with Gasteiger partial charge in [0, 0.05) is 38.5 Å². The van der Waals surface area contributed by atoms with E-state index in [2.05, 4.69) is 9.97 Å². The van der Waals surface area contributed by atoms with E-state index in [1.54, 1.807) is 4.31 Å². The van der Waals surface area contributed by atoms with Crippen LogP contribution in [0.5, 0.6) is 0 Å². The maximum atomic E-state index is 12.8. The van der Waals surface area contributed by atoms with Crippen molar-refractivity contribution in [2.24, 2.45) is 5.92 Å². The third kappa shape index (κ3) is 3.48. The number of rotatable bonds is 4. The third-order valence-corrected chi connectivity index (χ3v) is 6.72. The number of benzene rings is 1. The Morgan fingerprint density at radius 1 is 1.23 bits per heavy atom. The van der Waals surface area contributed by atoms with Gasteiger partial charge in [-0.05, 0) is 30.9 Å². The van der Waals surface area contributed by atoms with E-state index < -0.39 is 10.0 Å². The Hall–Kier alpha value is -1.93. The van der Waals surface area contributed by atoms with Crippen molar-refractivity contribution in [2.45, 2.75) is 31.7 Å². The van der Waals surface area contributed by atoms with Gasteiger partial charge >= 0.3 is 0 Å². The summed E-state index contributed by atoms with van der Waals surface area (Å²) >= 11 is 0. The number of para-hydroxylation sites is 2. The minimum Gasteiger partial charge on any atom is -0.342 e. The first-order valence-electron chi connectivity index (χ1n) is 9.08. The number of sulfonamides is 1. The molecule has 1 aromatic carbocycles. The SMILES string of the molecule is CS(=O)(=O)N1C[C@@H]2CC[C@H](C1)N(C(=O)CCc1nc3ccccc3[nH]1)C2. The van der Waals surface area contributed by atoms with Gasteiger partial charge in [-0.2, -0.15) is 4.31 Å². The second-order valence-corrected chi connectivity index (χ2v) is 9.41. The molecular weight excluding hydrogens is 352 g/mol. The van der Waals surface area contributed by atoms with E-state index in [-0.39, 0.29) is 17.9 Å². The van der Waals surface area contributed by atoms with Gasteiger partial charge in [0.15, 0.2) is 0 Å². The Kier molecular flexibility index (Phi) is 4.48. The van der Waals surface area contributed by atoms with Gasteiger partial charge in [-0.15, -0.1) is 0 Å². The van der Waals surface area contributed by atoms with E-state index in [0.29, 0.717) is 32.5 Å². The molecule has 1 aromatic heterocycles. The van der Waals surface area contributed by atoms with Gasteiger partial charge in [0.25, 0.3) is 0 Å². The standard InChI is InChI=1S/C18H24N4O3S/c1-26(24,25)21-10-13-6-7-14(12-21)22(11-13)18(23)9-8-17-19-15-4-2-3-5-16(15)20-17/h2-5,13-14H,6-12H2,1H3,(H,19,20)/t13-,14+/m0/s1. The predicted octanol–water partition coefficient (Wildman–Crippen LogP) is 1.38. The van der Waals surface area contributed by atoms with E-state index in [9.17, 15) is 13.2 Å². The van der Waals surface area contributed by atoms with Crippen molar-refractivity contribution in [1.82, 2.24) is 19.2 Å². The van der Waals surface area contributed by atoms with Crippen molar-refractivity contribution in [3.8, 4) is 0 Å². The Bertz CT molecular complexity index is 890. The Labute approximate surface area is 153 Å². The number of aromatic amines is 1. The summed E-state index contributed by atoms with van der Waals surface area (Å²) in [5.74, 6) is 1.14. The van der Waals surface area contributed by atoms with Crippen molar-refractivity contribution in [3.63, 3.8) is 0 Å². The number of carbonyl (C=O) groups is 1. The van der Waals surface area contributed by atoms with Crippen LogP contribution in [0.25, 0.3) is 11.0 Å². The molecular formula is C18H24N4O3S. The first-order chi connectivity index (χ1) is 12.4. The predicted molar refractivity (Wildman–Crippen MR) is 99.1 cm³/mol. The van der Waals surface area contributed by atoms with Crippen LogP contribution in [0.15, 0.2) is 24.3 Å². The van der Waals surface area contributed by atoms with Crippen LogP contribution in [-0.2, 0) is 21.2 Å². The highest BCUT2D eigenvalue weighted by Crippen LogP contribution is 2.29. The topological polar surface area (TPSA) is 86.4 Å². The zero-order valence-electron chi connectivity index (χ0n) is 14.9. The zero-order valence-corrected chi connectivity index (χ0v) is 15.7. The first-order valence-corrected chi connectivity index (χ1v) is 10.9. The molecule has 2 atom stereocenters. The maximum absolute atomic E-state index is 12.8. The monoisotopic (exact) mass is 376 g/mol. The van der Waals surface area contributed by atoms with Crippen molar-refractivity contribution in [3.05, 3.63) is 30.1 Å². The second-order valence-electron chi connectivity index (χ2n) is 7.42. The van der Waals surface area contributed by atoms with Gasteiger partial charge in [0.2, 0.25) is 15.9 Å². The van der Waals surface area contributed by atoms with Crippen LogP contribution in [0.4, 0.5) is 0 Å². The molecule has 3 aliphatic rings. The summed E-state index contributed by atoms with van der Waals surface area (Å²) in [6, 6.07) is 7.81. The molecule has 0 saturated carbocycles. The van der Waals surface area contributed by atoms with Gasteiger partial charge in [-0.1, -0.05) is 12.1 Å². The maximum Gasteiger partial charge on any atom is 0.223 e. The minimum absolute atomic E-state index is 0.00773. The van der Waals surface area contributed by atoms with Gasteiger partial charge in [-0.3, -0.25) is 4.79 Å². The number of nitrogens with one attached hydrogen (secondary N) is 1. The van der Waals surface area contributed by atoms with E-state index in [1.807, 2.05) is 29.2 Å². The average molecular weight is 376 g/mol. The van der Waals surface area contributed by atoms with E-state index in [1.165, 1.54) is 6.26 Å². The quantitative estimate of drug-likeness (QED) is 0.873. The zero-order chi connectivity index (χ0) is 18.3. The molecule has 4 heterocycles. The van der Waals surface area contributed by atoms with Crippen LogP contribution in [0.1, 0.15) is 25.1 Å². The number of H-pyrrole nitrogens is 1.